The highest BCUT2D eigenvalue weighted by Gasteiger charge is 1.99. The fourth-order valence-corrected chi connectivity index (χ4v) is 1.25. The molecule has 0 amide bonds. The fraction of sp³-hybridized carbons (Fsp3) is 0.111. The van der Waals surface area contributed by atoms with Crippen molar-refractivity contribution in [1.29, 1.82) is 0 Å². The van der Waals surface area contributed by atoms with Gasteiger partial charge in [-0.25, -0.2) is 0 Å². The maximum absolute atomic E-state index is 5.75. The molecule has 0 radical (unpaired) electrons. The van der Waals surface area contributed by atoms with Crippen molar-refractivity contribution in [3.05, 3.63) is 30.1 Å². The Morgan fingerprint density at radius 3 is 2.75 bits per heavy atom. The number of benzene rings is 1. The molecular weight excluding hydrogens is 150 g/mol. The van der Waals surface area contributed by atoms with E-state index in [0.717, 1.165) is 16.6 Å². The lowest BCUT2D eigenvalue weighted by molar-refractivity contribution is 1.29. The van der Waals surface area contributed by atoms with Gasteiger partial charge in [0.05, 0.1) is 11.2 Å². The van der Waals surface area contributed by atoms with E-state index in [4.69, 9.17) is 5.73 Å². The maximum atomic E-state index is 5.75. The first-order valence-electron chi connectivity index (χ1n) is 3.74. The molecule has 0 unspecified atom stereocenters. The van der Waals surface area contributed by atoms with E-state index in [1.54, 1.807) is 12.4 Å². The number of hydrogen-bond donors (Lipinski definition) is 1. The van der Waals surface area contributed by atoms with Crippen LogP contribution in [0, 0.1) is 6.92 Å². The Morgan fingerprint density at radius 1 is 1.17 bits per heavy atom. The Balaban J connectivity index is 2.89. The van der Waals surface area contributed by atoms with E-state index < -0.39 is 0 Å². The second kappa shape index (κ2) is 2.44. The molecule has 0 aliphatic rings. The van der Waals surface area contributed by atoms with E-state index in [1.807, 2.05) is 19.1 Å². The van der Waals surface area contributed by atoms with Gasteiger partial charge >= 0.3 is 0 Å². The van der Waals surface area contributed by atoms with Crippen LogP contribution < -0.4 is 5.73 Å². The number of hydrogen-bond acceptors (Lipinski definition) is 3. The smallest absolute Gasteiger partial charge is 0.112 e. The average Bonchev–Trinajstić information content (AvgIpc) is 2.04. The molecule has 1 aromatic heterocycles. The summed E-state index contributed by atoms with van der Waals surface area (Å²) >= 11 is 0. The maximum Gasteiger partial charge on any atom is 0.112 e. The summed E-state index contributed by atoms with van der Waals surface area (Å²) in [4.78, 5) is 8.29. The van der Waals surface area contributed by atoms with Crippen LogP contribution in [0.3, 0.4) is 0 Å². The second-order valence-electron chi connectivity index (χ2n) is 2.78. The summed E-state index contributed by atoms with van der Waals surface area (Å²) in [5.41, 5.74) is 9.20. The summed E-state index contributed by atoms with van der Waals surface area (Å²) < 4.78 is 0. The van der Waals surface area contributed by atoms with Crippen LogP contribution in [0.25, 0.3) is 11.0 Å². The van der Waals surface area contributed by atoms with Crippen LogP contribution in [0.1, 0.15) is 5.56 Å². The van der Waals surface area contributed by atoms with Gasteiger partial charge in [0.1, 0.15) is 5.52 Å². The molecule has 60 valence electrons. The molecule has 0 saturated carbocycles. The van der Waals surface area contributed by atoms with Crippen LogP contribution in [0.4, 0.5) is 5.69 Å². The second-order valence-corrected chi connectivity index (χ2v) is 2.78. The number of nitrogens with zero attached hydrogens (tertiary/aromatic N) is 2. The van der Waals surface area contributed by atoms with Crippen molar-refractivity contribution >= 4 is 16.7 Å². The van der Waals surface area contributed by atoms with Crippen molar-refractivity contribution in [3.8, 4) is 0 Å². The molecular formula is C9H9N3. The Morgan fingerprint density at radius 2 is 1.92 bits per heavy atom. The third-order valence-corrected chi connectivity index (χ3v) is 1.75. The van der Waals surface area contributed by atoms with Crippen molar-refractivity contribution < 1.29 is 0 Å². The first-order chi connectivity index (χ1) is 5.77. The first kappa shape index (κ1) is 7.03. The van der Waals surface area contributed by atoms with Crippen LogP contribution in [0.2, 0.25) is 0 Å². The highest BCUT2D eigenvalue weighted by atomic mass is 14.8. The number of aryl methyl sites for hydroxylation is 1. The van der Waals surface area contributed by atoms with Crippen molar-refractivity contribution in [1.82, 2.24) is 9.97 Å². The Labute approximate surface area is 70.3 Å². The number of nitrogens with two attached hydrogens (primary N) is 1. The van der Waals surface area contributed by atoms with Gasteiger partial charge in [-0.05, 0) is 24.6 Å². The van der Waals surface area contributed by atoms with E-state index in [9.17, 15) is 0 Å². The Hall–Kier alpha value is -1.64. The van der Waals surface area contributed by atoms with Crippen molar-refractivity contribution in [2.24, 2.45) is 0 Å². The average molecular weight is 159 g/mol. The molecule has 0 spiro atoms. The first-order valence-corrected chi connectivity index (χ1v) is 3.74. The molecule has 0 aliphatic heterocycles. The molecule has 12 heavy (non-hydrogen) atoms. The molecule has 2 N–H and O–H groups in total. The normalized spacial score (nSPS) is 10.4. The summed E-state index contributed by atoms with van der Waals surface area (Å²) in [5.74, 6) is 0. The van der Waals surface area contributed by atoms with Gasteiger partial charge in [-0.15, -0.1) is 0 Å². The molecule has 2 aromatic rings. The lowest BCUT2D eigenvalue weighted by Crippen LogP contribution is -1.91. The van der Waals surface area contributed by atoms with Gasteiger partial charge in [0.2, 0.25) is 0 Å². The molecule has 0 bridgehead atoms. The molecule has 1 heterocycles. The number of aromatic nitrogens is 2. The Kier molecular flexibility index (Phi) is 1.43. The molecule has 3 heteroatoms. The van der Waals surface area contributed by atoms with E-state index >= 15 is 0 Å². The summed E-state index contributed by atoms with van der Waals surface area (Å²) in [6.07, 6.45) is 3.31. The van der Waals surface area contributed by atoms with Gasteiger partial charge in [-0.1, -0.05) is 0 Å². The monoisotopic (exact) mass is 159 g/mol. The lowest BCUT2D eigenvalue weighted by Gasteiger charge is -2.00. The number of fused-ring (bicyclic) bond motifs is 1. The molecule has 0 atom stereocenters. The van der Waals surface area contributed by atoms with E-state index in [2.05, 4.69) is 9.97 Å². The largest absolute Gasteiger partial charge is 0.397 e. The van der Waals surface area contributed by atoms with Crippen molar-refractivity contribution in [2.75, 3.05) is 5.73 Å². The molecule has 3 nitrogen and oxygen atoms in total. The quantitative estimate of drug-likeness (QED) is 0.593. The predicted octanol–water partition coefficient (Wildman–Crippen LogP) is 1.52. The van der Waals surface area contributed by atoms with Gasteiger partial charge in [-0.3, -0.25) is 9.97 Å². The van der Waals surface area contributed by atoms with E-state index in [1.165, 1.54) is 0 Å². The van der Waals surface area contributed by atoms with Crippen molar-refractivity contribution in [2.45, 2.75) is 6.92 Å². The third-order valence-electron chi connectivity index (χ3n) is 1.75. The standard InChI is InChI=1S/C9H9N3/c1-6-4-7(10)9-8(5-6)11-2-3-12-9/h2-5H,10H2,1H3. The number of anilines is 1. The molecule has 1 aromatic carbocycles. The minimum Gasteiger partial charge on any atom is -0.397 e. The highest BCUT2D eigenvalue weighted by molar-refractivity contribution is 5.86. The van der Waals surface area contributed by atoms with Gasteiger partial charge in [-0.2, -0.15) is 0 Å². The van der Waals surface area contributed by atoms with E-state index in [-0.39, 0.29) is 0 Å². The SMILES string of the molecule is Cc1cc(N)c2nccnc2c1. The van der Waals surface area contributed by atoms with Crippen LogP contribution in [-0.2, 0) is 0 Å². The van der Waals surface area contributed by atoms with Crippen LogP contribution in [0.15, 0.2) is 24.5 Å². The molecule has 2 rings (SSSR count). The third kappa shape index (κ3) is 0.993. The zero-order chi connectivity index (χ0) is 8.55. The van der Waals surface area contributed by atoms with Gasteiger partial charge in [0, 0.05) is 12.4 Å². The van der Waals surface area contributed by atoms with Crippen molar-refractivity contribution in [3.63, 3.8) is 0 Å². The number of rotatable bonds is 0. The van der Waals surface area contributed by atoms with Gasteiger partial charge < -0.3 is 5.73 Å². The van der Waals surface area contributed by atoms with Crippen LogP contribution in [0.5, 0.6) is 0 Å². The number of nitrogen functional groups attached to an aromatic ring is 1. The van der Waals surface area contributed by atoms with Gasteiger partial charge in [0.25, 0.3) is 0 Å². The van der Waals surface area contributed by atoms with Gasteiger partial charge in [0.15, 0.2) is 0 Å². The summed E-state index contributed by atoms with van der Waals surface area (Å²) in [6, 6.07) is 3.87. The van der Waals surface area contributed by atoms with Crippen LogP contribution >= 0.6 is 0 Å². The topological polar surface area (TPSA) is 51.8 Å². The fourth-order valence-electron chi connectivity index (χ4n) is 1.25. The minimum atomic E-state index is 0.693. The zero-order valence-corrected chi connectivity index (χ0v) is 6.78. The molecule has 0 aliphatic carbocycles. The lowest BCUT2D eigenvalue weighted by atomic mass is 10.2. The minimum absolute atomic E-state index is 0.693. The van der Waals surface area contributed by atoms with E-state index in [0.29, 0.717) is 5.69 Å². The van der Waals surface area contributed by atoms with Crippen LogP contribution in [-0.4, -0.2) is 9.97 Å². The predicted molar refractivity (Wildman–Crippen MR) is 48.7 cm³/mol. The summed E-state index contributed by atoms with van der Waals surface area (Å²) in [6.45, 7) is 1.99. The Bertz CT molecular complexity index is 423. The highest BCUT2D eigenvalue weighted by Crippen LogP contribution is 2.17. The molecule has 0 saturated heterocycles. The summed E-state index contributed by atoms with van der Waals surface area (Å²) in [5, 5.41) is 0. The molecule has 0 fully saturated rings. The summed E-state index contributed by atoms with van der Waals surface area (Å²) in [7, 11) is 0. The zero-order valence-electron chi connectivity index (χ0n) is 6.78.